The van der Waals surface area contributed by atoms with E-state index < -0.39 is 0 Å². The van der Waals surface area contributed by atoms with Crippen molar-refractivity contribution in [1.29, 1.82) is 0 Å². The molecule has 0 aliphatic carbocycles. The maximum atomic E-state index is 10.7. The molecule has 90 valence electrons. The molecule has 1 aromatic carbocycles. The summed E-state index contributed by atoms with van der Waals surface area (Å²) in [5.74, 6) is 0.638. The maximum Gasteiger partial charge on any atom is 0.305 e. The Morgan fingerprint density at radius 3 is 2.44 bits per heavy atom. The van der Waals surface area contributed by atoms with Gasteiger partial charge in [0.15, 0.2) is 0 Å². The van der Waals surface area contributed by atoms with Crippen LogP contribution in [0.3, 0.4) is 0 Å². The number of ether oxygens (including phenoxy) is 2. The minimum Gasteiger partial charge on any atom is -0.494 e. The van der Waals surface area contributed by atoms with Crippen molar-refractivity contribution in [1.82, 2.24) is 0 Å². The molecule has 1 rings (SSSR count). The Hall–Kier alpha value is -1.55. The van der Waals surface area contributed by atoms with E-state index in [2.05, 4.69) is 10.5 Å². The second-order valence-electron chi connectivity index (χ2n) is 2.84. The molecule has 4 nitrogen and oxygen atoms in total. The summed E-state index contributed by atoms with van der Waals surface area (Å²) in [5.41, 5.74) is 4.50. The fourth-order valence-electron chi connectivity index (χ4n) is 1.03. The minimum atomic E-state index is -0.193. The highest BCUT2D eigenvalue weighted by Gasteiger charge is 1.99. The molecule has 0 aliphatic rings. The molecule has 0 saturated heterocycles. The SMILES string of the molecule is CN.COC(=O)CCCOc1ccccc1. The monoisotopic (exact) mass is 225 g/mol. The van der Waals surface area contributed by atoms with Crippen LogP contribution in [0.4, 0.5) is 0 Å². The number of carbonyl (C=O) groups excluding carboxylic acids is 1. The highest BCUT2D eigenvalue weighted by atomic mass is 16.5. The maximum absolute atomic E-state index is 10.7. The van der Waals surface area contributed by atoms with Crippen molar-refractivity contribution in [2.24, 2.45) is 5.73 Å². The molecule has 0 spiro atoms. The Morgan fingerprint density at radius 2 is 1.88 bits per heavy atom. The van der Waals surface area contributed by atoms with Crippen molar-refractivity contribution in [2.45, 2.75) is 12.8 Å². The van der Waals surface area contributed by atoms with Crippen LogP contribution < -0.4 is 10.5 Å². The van der Waals surface area contributed by atoms with Gasteiger partial charge in [-0.15, -0.1) is 0 Å². The number of para-hydroxylation sites is 1. The van der Waals surface area contributed by atoms with Gasteiger partial charge < -0.3 is 15.2 Å². The normalized spacial score (nSPS) is 8.69. The Morgan fingerprint density at radius 1 is 1.25 bits per heavy atom. The molecule has 1 aromatic rings. The largest absolute Gasteiger partial charge is 0.494 e. The molecule has 0 fully saturated rings. The van der Waals surface area contributed by atoms with Crippen LogP contribution in [0.25, 0.3) is 0 Å². The van der Waals surface area contributed by atoms with E-state index >= 15 is 0 Å². The van der Waals surface area contributed by atoms with Gasteiger partial charge in [0.05, 0.1) is 13.7 Å². The molecule has 0 aromatic heterocycles. The summed E-state index contributed by atoms with van der Waals surface area (Å²) in [4.78, 5) is 10.7. The molecule has 0 atom stereocenters. The lowest BCUT2D eigenvalue weighted by Crippen LogP contribution is -2.04. The Labute approximate surface area is 96.4 Å². The lowest BCUT2D eigenvalue weighted by Gasteiger charge is -2.04. The van der Waals surface area contributed by atoms with Crippen LogP contribution >= 0.6 is 0 Å². The predicted molar refractivity (Wildman–Crippen MR) is 63.3 cm³/mol. The van der Waals surface area contributed by atoms with Gasteiger partial charge in [0.2, 0.25) is 0 Å². The highest BCUT2D eigenvalue weighted by molar-refractivity contribution is 5.68. The molecular weight excluding hydrogens is 206 g/mol. The minimum absolute atomic E-state index is 0.193. The molecule has 0 radical (unpaired) electrons. The van der Waals surface area contributed by atoms with Gasteiger partial charge in [0.1, 0.15) is 5.75 Å². The summed E-state index contributed by atoms with van der Waals surface area (Å²) in [7, 11) is 2.89. The van der Waals surface area contributed by atoms with Crippen LogP contribution in [0.5, 0.6) is 5.75 Å². The number of nitrogens with two attached hydrogens (primary N) is 1. The lowest BCUT2D eigenvalue weighted by atomic mass is 10.3. The third-order valence-electron chi connectivity index (χ3n) is 1.76. The fraction of sp³-hybridized carbons (Fsp3) is 0.417. The summed E-state index contributed by atoms with van der Waals surface area (Å²) in [6, 6.07) is 9.53. The van der Waals surface area contributed by atoms with Gasteiger partial charge in [0.25, 0.3) is 0 Å². The molecular formula is C12H19NO3. The summed E-state index contributed by atoms with van der Waals surface area (Å²) in [6.07, 6.45) is 1.09. The van der Waals surface area contributed by atoms with Crippen molar-refractivity contribution >= 4 is 5.97 Å². The first-order valence-electron chi connectivity index (χ1n) is 5.15. The molecule has 0 unspecified atom stereocenters. The predicted octanol–water partition coefficient (Wildman–Crippen LogP) is 1.59. The van der Waals surface area contributed by atoms with Crippen molar-refractivity contribution in [3.63, 3.8) is 0 Å². The molecule has 16 heavy (non-hydrogen) atoms. The zero-order valence-corrected chi connectivity index (χ0v) is 9.81. The topological polar surface area (TPSA) is 61.5 Å². The van der Waals surface area contributed by atoms with Crippen LogP contribution in [0.1, 0.15) is 12.8 Å². The van der Waals surface area contributed by atoms with Crippen LogP contribution in [0, 0.1) is 0 Å². The molecule has 4 heteroatoms. The average molecular weight is 225 g/mol. The molecule has 0 bridgehead atoms. The third kappa shape index (κ3) is 6.84. The van der Waals surface area contributed by atoms with Gasteiger partial charge in [-0.2, -0.15) is 0 Å². The van der Waals surface area contributed by atoms with Crippen molar-refractivity contribution in [2.75, 3.05) is 20.8 Å². The standard InChI is InChI=1S/C11H14O3.CH5N/c1-13-11(12)8-5-9-14-10-6-3-2-4-7-10;1-2/h2-4,6-7H,5,8-9H2,1H3;2H2,1H3. The quantitative estimate of drug-likeness (QED) is 0.610. The zero-order valence-electron chi connectivity index (χ0n) is 9.81. The summed E-state index contributed by atoms with van der Waals surface area (Å²) < 4.78 is 9.90. The van der Waals surface area contributed by atoms with E-state index in [1.807, 2.05) is 30.3 Å². The van der Waals surface area contributed by atoms with E-state index in [9.17, 15) is 4.79 Å². The van der Waals surface area contributed by atoms with Gasteiger partial charge in [-0.1, -0.05) is 18.2 Å². The van der Waals surface area contributed by atoms with Gasteiger partial charge in [-0.25, -0.2) is 0 Å². The number of benzene rings is 1. The Bertz CT molecular complexity index is 275. The Kier molecular flexibility index (Phi) is 9.02. The second-order valence-corrected chi connectivity index (χ2v) is 2.84. The molecule has 0 heterocycles. The number of esters is 1. The van der Waals surface area contributed by atoms with Gasteiger partial charge in [0, 0.05) is 6.42 Å². The Balaban J connectivity index is 0.00000106. The van der Waals surface area contributed by atoms with E-state index in [1.54, 1.807) is 0 Å². The summed E-state index contributed by atoms with van der Waals surface area (Å²) >= 11 is 0. The fourth-order valence-corrected chi connectivity index (χ4v) is 1.03. The number of rotatable bonds is 5. The van der Waals surface area contributed by atoms with E-state index in [0.29, 0.717) is 19.4 Å². The lowest BCUT2D eigenvalue weighted by molar-refractivity contribution is -0.140. The highest BCUT2D eigenvalue weighted by Crippen LogP contribution is 2.08. The zero-order chi connectivity index (χ0) is 12.2. The first-order valence-corrected chi connectivity index (χ1v) is 5.15. The first kappa shape index (κ1) is 14.5. The molecule has 2 N–H and O–H groups in total. The van der Waals surface area contributed by atoms with E-state index in [-0.39, 0.29) is 5.97 Å². The number of hydrogen-bond donors (Lipinski definition) is 1. The number of hydrogen-bond acceptors (Lipinski definition) is 4. The third-order valence-corrected chi connectivity index (χ3v) is 1.76. The smallest absolute Gasteiger partial charge is 0.305 e. The number of methoxy groups -OCH3 is 1. The first-order chi connectivity index (χ1) is 7.83. The summed E-state index contributed by atoms with van der Waals surface area (Å²) in [6.45, 7) is 0.541. The van der Waals surface area contributed by atoms with Gasteiger partial charge >= 0.3 is 5.97 Å². The van der Waals surface area contributed by atoms with E-state index in [1.165, 1.54) is 14.2 Å². The average Bonchev–Trinajstić information content (AvgIpc) is 2.38. The molecule has 0 saturated carbocycles. The van der Waals surface area contributed by atoms with Crippen LogP contribution in [0.15, 0.2) is 30.3 Å². The van der Waals surface area contributed by atoms with E-state index in [0.717, 1.165) is 5.75 Å². The van der Waals surface area contributed by atoms with Gasteiger partial charge in [-0.3, -0.25) is 4.79 Å². The molecule has 0 amide bonds. The second kappa shape index (κ2) is 9.98. The van der Waals surface area contributed by atoms with Crippen molar-refractivity contribution < 1.29 is 14.3 Å². The van der Waals surface area contributed by atoms with Crippen LogP contribution in [-0.2, 0) is 9.53 Å². The van der Waals surface area contributed by atoms with E-state index in [4.69, 9.17) is 4.74 Å². The van der Waals surface area contributed by atoms with Crippen molar-refractivity contribution in [3.05, 3.63) is 30.3 Å². The van der Waals surface area contributed by atoms with Gasteiger partial charge in [-0.05, 0) is 25.6 Å². The van der Waals surface area contributed by atoms with Crippen LogP contribution in [0.2, 0.25) is 0 Å². The number of carbonyl (C=O) groups is 1. The van der Waals surface area contributed by atoms with Crippen molar-refractivity contribution in [3.8, 4) is 5.75 Å². The van der Waals surface area contributed by atoms with Crippen LogP contribution in [-0.4, -0.2) is 26.7 Å². The summed E-state index contributed by atoms with van der Waals surface area (Å²) in [5, 5.41) is 0. The molecule has 0 aliphatic heterocycles.